The van der Waals surface area contributed by atoms with Crippen LogP contribution in [0.1, 0.15) is 22.9 Å². The van der Waals surface area contributed by atoms with Gasteiger partial charge in [-0.2, -0.15) is 0 Å². The number of nitrogens with zero attached hydrogens (tertiary/aromatic N) is 1. The van der Waals surface area contributed by atoms with Crippen molar-refractivity contribution in [3.63, 3.8) is 0 Å². The topological polar surface area (TPSA) is 29.3 Å². The minimum atomic E-state index is 0.568. The van der Waals surface area contributed by atoms with Gasteiger partial charge in [-0.05, 0) is 49.4 Å². The number of thiophene rings is 1. The fraction of sp³-hybridized carbons (Fsp3) is 0.412. The molecule has 1 aromatic carbocycles. The van der Waals surface area contributed by atoms with E-state index < -0.39 is 0 Å². The summed E-state index contributed by atoms with van der Waals surface area (Å²) in [6.07, 6.45) is 2.20. The van der Waals surface area contributed by atoms with E-state index in [2.05, 4.69) is 60.6 Å². The average Bonchev–Trinajstić information content (AvgIpc) is 2.97. The van der Waals surface area contributed by atoms with E-state index in [1.54, 1.807) is 0 Å². The maximum Gasteiger partial charge on any atom is 0.0180 e. The van der Waals surface area contributed by atoms with Crippen LogP contribution in [0.2, 0.25) is 0 Å². The quantitative estimate of drug-likeness (QED) is 0.847. The molecular weight excluding hydrogens is 264 g/mol. The van der Waals surface area contributed by atoms with Crippen LogP contribution in [0.5, 0.6) is 0 Å². The van der Waals surface area contributed by atoms with Gasteiger partial charge in [-0.1, -0.05) is 30.3 Å². The summed E-state index contributed by atoms with van der Waals surface area (Å²) >= 11 is 1.85. The summed E-state index contributed by atoms with van der Waals surface area (Å²) in [7, 11) is 2.21. The molecule has 2 aromatic rings. The summed E-state index contributed by atoms with van der Waals surface area (Å²) in [6.45, 7) is 4.00. The Balaban J connectivity index is 1.86. The Morgan fingerprint density at radius 3 is 2.55 bits per heavy atom. The van der Waals surface area contributed by atoms with E-state index in [0.29, 0.717) is 12.6 Å². The van der Waals surface area contributed by atoms with E-state index in [9.17, 15) is 0 Å². The molecule has 0 saturated carbocycles. The van der Waals surface area contributed by atoms with Gasteiger partial charge in [-0.3, -0.25) is 0 Å². The van der Waals surface area contributed by atoms with Crippen LogP contribution < -0.4 is 5.73 Å². The molecular formula is C17H24N2S. The maximum absolute atomic E-state index is 5.79. The van der Waals surface area contributed by atoms with Crippen molar-refractivity contribution in [1.29, 1.82) is 0 Å². The lowest BCUT2D eigenvalue weighted by Crippen LogP contribution is -2.32. The van der Waals surface area contributed by atoms with Gasteiger partial charge in [0.15, 0.2) is 0 Å². The van der Waals surface area contributed by atoms with E-state index in [0.717, 1.165) is 19.4 Å². The van der Waals surface area contributed by atoms with Crippen LogP contribution in [0.15, 0.2) is 41.8 Å². The van der Waals surface area contributed by atoms with Crippen molar-refractivity contribution in [3.8, 4) is 0 Å². The van der Waals surface area contributed by atoms with Gasteiger partial charge in [0.25, 0.3) is 0 Å². The maximum atomic E-state index is 5.79. The molecule has 3 heteroatoms. The molecule has 0 spiro atoms. The van der Waals surface area contributed by atoms with E-state index >= 15 is 0 Å². The Kier molecular flexibility index (Phi) is 5.77. The Bertz CT molecular complexity index is 507. The summed E-state index contributed by atoms with van der Waals surface area (Å²) in [6, 6.07) is 13.4. The number of nitrogens with two attached hydrogens (primary N) is 1. The fourth-order valence-corrected chi connectivity index (χ4v) is 3.22. The average molecular weight is 288 g/mol. The first-order valence-corrected chi connectivity index (χ1v) is 8.08. The lowest BCUT2D eigenvalue weighted by atomic mass is 10.0. The highest BCUT2D eigenvalue weighted by atomic mass is 32.1. The highest BCUT2D eigenvalue weighted by Gasteiger charge is 2.11. The van der Waals surface area contributed by atoms with Crippen LogP contribution in [-0.2, 0) is 19.4 Å². The van der Waals surface area contributed by atoms with E-state index in [4.69, 9.17) is 5.73 Å². The van der Waals surface area contributed by atoms with Gasteiger partial charge in [0.05, 0.1) is 0 Å². The summed E-state index contributed by atoms with van der Waals surface area (Å²) in [5.41, 5.74) is 8.44. The third-order valence-corrected chi connectivity index (χ3v) is 4.80. The molecule has 2 nitrogen and oxygen atoms in total. The van der Waals surface area contributed by atoms with E-state index in [-0.39, 0.29) is 0 Å². The van der Waals surface area contributed by atoms with Gasteiger partial charge in [0.2, 0.25) is 0 Å². The molecule has 2 rings (SSSR count). The van der Waals surface area contributed by atoms with Crippen molar-refractivity contribution in [1.82, 2.24) is 4.90 Å². The summed E-state index contributed by atoms with van der Waals surface area (Å²) in [5.74, 6) is 0. The first-order chi connectivity index (χ1) is 9.70. The molecule has 0 saturated heterocycles. The molecule has 1 heterocycles. The second kappa shape index (κ2) is 7.58. The Morgan fingerprint density at radius 1 is 1.15 bits per heavy atom. The van der Waals surface area contributed by atoms with E-state index in [1.165, 1.54) is 16.0 Å². The smallest absolute Gasteiger partial charge is 0.0180 e. The van der Waals surface area contributed by atoms with Gasteiger partial charge in [0.1, 0.15) is 0 Å². The Hall–Kier alpha value is -1.16. The van der Waals surface area contributed by atoms with Crippen LogP contribution in [0, 0.1) is 0 Å². The van der Waals surface area contributed by atoms with Gasteiger partial charge in [-0.15, -0.1) is 11.3 Å². The SMILES string of the molecule is CC(Cc1cccs1)N(C)CCc1ccccc1CN. The Labute approximate surface area is 126 Å². The van der Waals surface area contributed by atoms with E-state index in [1.807, 2.05) is 11.3 Å². The monoisotopic (exact) mass is 288 g/mol. The van der Waals surface area contributed by atoms with Crippen molar-refractivity contribution >= 4 is 11.3 Å². The normalized spacial score (nSPS) is 12.8. The van der Waals surface area contributed by atoms with Crippen LogP contribution in [-0.4, -0.2) is 24.5 Å². The predicted octanol–water partition coefficient (Wildman–Crippen LogP) is 3.31. The van der Waals surface area contributed by atoms with Crippen molar-refractivity contribution < 1.29 is 0 Å². The summed E-state index contributed by atoms with van der Waals surface area (Å²) in [5, 5.41) is 2.15. The molecule has 0 aliphatic heterocycles. The van der Waals surface area contributed by atoms with Crippen LogP contribution in [0.3, 0.4) is 0 Å². The minimum Gasteiger partial charge on any atom is -0.326 e. The lowest BCUT2D eigenvalue weighted by Gasteiger charge is -2.24. The molecule has 2 N–H and O–H groups in total. The van der Waals surface area contributed by atoms with Crippen molar-refractivity contribution in [2.24, 2.45) is 5.73 Å². The summed E-state index contributed by atoms with van der Waals surface area (Å²) < 4.78 is 0. The minimum absolute atomic E-state index is 0.568. The fourth-order valence-electron chi connectivity index (χ4n) is 2.39. The van der Waals surface area contributed by atoms with Crippen molar-refractivity contribution in [2.45, 2.75) is 32.4 Å². The molecule has 0 bridgehead atoms. The van der Waals surface area contributed by atoms with Crippen molar-refractivity contribution in [3.05, 3.63) is 57.8 Å². The lowest BCUT2D eigenvalue weighted by molar-refractivity contribution is 0.260. The molecule has 0 radical (unpaired) electrons. The molecule has 1 unspecified atom stereocenters. The zero-order valence-electron chi connectivity index (χ0n) is 12.4. The van der Waals surface area contributed by atoms with Gasteiger partial charge < -0.3 is 10.6 Å². The first-order valence-electron chi connectivity index (χ1n) is 7.20. The number of hydrogen-bond acceptors (Lipinski definition) is 3. The molecule has 1 atom stereocenters. The van der Waals surface area contributed by atoms with Gasteiger partial charge in [0, 0.05) is 24.0 Å². The van der Waals surface area contributed by atoms with Gasteiger partial charge >= 0.3 is 0 Å². The van der Waals surface area contributed by atoms with Crippen LogP contribution >= 0.6 is 11.3 Å². The third-order valence-electron chi connectivity index (χ3n) is 3.90. The Morgan fingerprint density at radius 2 is 1.90 bits per heavy atom. The summed E-state index contributed by atoms with van der Waals surface area (Å²) in [4.78, 5) is 3.90. The number of likely N-dealkylation sites (N-methyl/N-ethyl adjacent to an activating group) is 1. The van der Waals surface area contributed by atoms with Crippen LogP contribution in [0.25, 0.3) is 0 Å². The zero-order chi connectivity index (χ0) is 14.4. The predicted molar refractivity (Wildman–Crippen MR) is 88.2 cm³/mol. The second-order valence-electron chi connectivity index (χ2n) is 5.34. The van der Waals surface area contributed by atoms with Crippen LogP contribution in [0.4, 0.5) is 0 Å². The molecule has 0 amide bonds. The van der Waals surface area contributed by atoms with Crippen molar-refractivity contribution in [2.75, 3.05) is 13.6 Å². The molecule has 1 aromatic heterocycles. The number of rotatable bonds is 7. The highest BCUT2D eigenvalue weighted by Crippen LogP contribution is 2.14. The molecule has 0 fully saturated rings. The largest absolute Gasteiger partial charge is 0.326 e. The van der Waals surface area contributed by atoms with Gasteiger partial charge in [-0.25, -0.2) is 0 Å². The molecule has 0 aliphatic carbocycles. The molecule has 20 heavy (non-hydrogen) atoms. The molecule has 108 valence electrons. The number of benzene rings is 1. The number of hydrogen-bond donors (Lipinski definition) is 1. The highest BCUT2D eigenvalue weighted by molar-refractivity contribution is 7.09. The first kappa shape index (κ1) is 15.2. The zero-order valence-corrected chi connectivity index (χ0v) is 13.2. The molecule has 0 aliphatic rings. The second-order valence-corrected chi connectivity index (χ2v) is 6.37. The third kappa shape index (κ3) is 4.17. The standard InChI is InChI=1S/C17H24N2S/c1-14(12-17-8-5-11-20-17)19(2)10-9-15-6-3-4-7-16(15)13-18/h3-8,11,14H,9-10,12-13,18H2,1-2H3.